The van der Waals surface area contributed by atoms with E-state index in [2.05, 4.69) is 24.2 Å². The molecule has 42 valence electrons. The molecule has 1 aliphatic heterocycles. The van der Waals surface area contributed by atoms with Gasteiger partial charge in [-0.3, -0.25) is 0 Å². The highest BCUT2D eigenvalue weighted by atomic mass is 15.1. The van der Waals surface area contributed by atoms with E-state index in [9.17, 15) is 0 Å². The number of nitrogens with zero attached hydrogens (tertiary/aromatic N) is 1. The lowest BCUT2D eigenvalue weighted by molar-refractivity contribution is 0.496. The molecule has 1 heterocycles. The van der Waals surface area contributed by atoms with E-state index in [4.69, 9.17) is 0 Å². The zero-order chi connectivity index (χ0) is 4.41. The van der Waals surface area contributed by atoms with Crippen LogP contribution in [0.15, 0.2) is 12.3 Å². The first-order valence-corrected chi connectivity index (χ1v) is 2.26. The first kappa shape index (κ1) is 6.50. The van der Waals surface area contributed by atoms with Crippen molar-refractivity contribution in [1.82, 2.24) is 11.1 Å². The Kier molecular flexibility index (Phi) is 2.45. The number of rotatable bonds is 0. The Balaban J connectivity index is 0.000000360. The lowest BCUT2D eigenvalue weighted by Crippen LogP contribution is -2.04. The monoisotopic (exact) mass is 100 g/mol. The molecule has 0 aromatic rings. The van der Waals surface area contributed by atoms with Crippen LogP contribution in [-0.2, 0) is 0 Å². The maximum absolute atomic E-state index is 2.18. The molecule has 0 saturated heterocycles. The van der Waals surface area contributed by atoms with Crippen molar-refractivity contribution in [3.8, 4) is 0 Å². The van der Waals surface area contributed by atoms with Gasteiger partial charge >= 0.3 is 0 Å². The molecule has 0 saturated carbocycles. The molecule has 0 aromatic carbocycles. The molecule has 7 heavy (non-hydrogen) atoms. The molecule has 0 atom stereocenters. The molecule has 0 fully saturated rings. The van der Waals surface area contributed by atoms with Gasteiger partial charge in [-0.2, -0.15) is 0 Å². The third-order valence-corrected chi connectivity index (χ3v) is 1.01. The fraction of sp³-hybridized carbons (Fsp3) is 0.600. The third kappa shape index (κ3) is 1.59. The molecule has 0 radical (unpaired) electrons. The van der Waals surface area contributed by atoms with Crippen LogP contribution < -0.4 is 6.15 Å². The maximum Gasteiger partial charge on any atom is 0.0204 e. The van der Waals surface area contributed by atoms with Gasteiger partial charge in [0.15, 0.2) is 0 Å². The second-order valence-electron chi connectivity index (χ2n) is 1.65. The van der Waals surface area contributed by atoms with Gasteiger partial charge in [-0.25, -0.2) is 0 Å². The van der Waals surface area contributed by atoms with Crippen LogP contribution in [0.4, 0.5) is 0 Å². The lowest BCUT2D eigenvalue weighted by Gasteiger charge is -2.02. The van der Waals surface area contributed by atoms with Gasteiger partial charge in [0.2, 0.25) is 0 Å². The van der Waals surface area contributed by atoms with Crippen molar-refractivity contribution in [2.24, 2.45) is 0 Å². The SMILES string of the molecule is CN1C=CCC1.N. The summed E-state index contributed by atoms with van der Waals surface area (Å²) >= 11 is 0. The van der Waals surface area contributed by atoms with Gasteiger partial charge in [0, 0.05) is 13.6 Å². The summed E-state index contributed by atoms with van der Waals surface area (Å²) < 4.78 is 0. The Morgan fingerprint density at radius 1 is 1.57 bits per heavy atom. The Labute approximate surface area is 44.4 Å². The van der Waals surface area contributed by atoms with E-state index in [0.717, 1.165) is 0 Å². The molecule has 0 aromatic heterocycles. The normalized spacial score (nSPS) is 17.0. The average molecular weight is 100 g/mol. The van der Waals surface area contributed by atoms with E-state index in [0.29, 0.717) is 0 Å². The number of hydrogen-bond donors (Lipinski definition) is 1. The van der Waals surface area contributed by atoms with Gasteiger partial charge in [0.25, 0.3) is 0 Å². The van der Waals surface area contributed by atoms with Crippen LogP contribution in [0.5, 0.6) is 0 Å². The summed E-state index contributed by atoms with van der Waals surface area (Å²) in [5.74, 6) is 0. The first-order valence-electron chi connectivity index (χ1n) is 2.26. The van der Waals surface area contributed by atoms with Gasteiger partial charge in [-0.05, 0) is 12.6 Å². The van der Waals surface area contributed by atoms with E-state index in [-0.39, 0.29) is 6.15 Å². The molecule has 0 aliphatic carbocycles. The fourth-order valence-corrected chi connectivity index (χ4v) is 0.607. The van der Waals surface area contributed by atoms with E-state index in [1.165, 1.54) is 13.0 Å². The molecule has 3 N–H and O–H groups in total. The zero-order valence-corrected chi connectivity index (χ0v) is 4.72. The smallest absolute Gasteiger partial charge is 0.0204 e. The Bertz CT molecular complexity index is 68.5. The first-order chi connectivity index (χ1) is 2.89. The van der Waals surface area contributed by atoms with Crippen LogP contribution in [0.1, 0.15) is 6.42 Å². The van der Waals surface area contributed by atoms with Gasteiger partial charge in [0.05, 0.1) is 0 Å². The van der Waals surface area contributed by atoms with Crippen LogP contribution in [0, 0.1) is 0 Å². The molecule has 0 spiro atoms. The second-order valence-corrected chi connectivity index (χ2v) is 1.65. The van der Waals surface area contributed by atoms with Crippen molar-refractivity contribution >= 4 is 0 Å². The Hall–Kier alpha value is -0.500. The summed E-state index contributed by atoms with van der Waals surface area (Å²) in [7, 11) is 2.09. The maximum atomic E-state index is 2.18. The predicted molar refractivity (Wildman–Crippen MR) is 31.4 cm³/mol. The molecule has 0 unspecified atom stereocenters. The van der Waals surface area contributed by atoms with Crippen molar-refractivity contribution in [3.05, 3.63) is 12.3 Å². The molecule has 0 amide bonds. The largest absolute Gasteiger partial charge is 0.380 e. The summed E-state index contributed by atoms with van der Waals surface area (Å²) in [6.07, 6.45) is 5.52. The van der Waals surface area contributed by atoms with Crippen molar-refractivity contribution in [2.45, 2.75) is 6.42 Å². The van der Waals surface area contributed by atoms with Crippen LogP contribution in [0.2, 0.25) is 0 Å². The minimum absolute atomic E-state index is 0. The van der Waals surface area contributed by atoms with Gasteiger partial charge in [-0.15, -0.1) is 0 Å². The zero-order valence-electron chi connectivity index (χ0n) is 4.72. The summed E-state index contributed by atoms with van der Waals surface area (Å²) in [6, 6.07) is 0. The predicted octanol–water partition coefficient (Wildman–Crippen LogP) is 0.998. The minimum atomic E-state index is 0. The molecule has 1 rings (SSSR count). The van der Waals surface area contributed by atoms with E-state index in [1.54, 1.807) is 0 Å². The highest BCUT2D eigenvalue weighted by Crippen LogP contribution is 1.97. The highest BCUT2D eigenvalue weighted by molar-refractivity contribution is 4.88. The van der Waals surface area contributed by atoms with Crippen molar-refractivity contribution in [1.29, 1.82) is 0 Å². The molecular weight excluding hydrogens is 88.1 g/mol. The Morgan fingerprint density at radius 2 is 2.29 bits per heavy atom. The van der Waals surface area contributed by atoms with E-state index < -0.39 is 0 Å². The summed E-state index contributed by atoms with van der Waals surface area (Å²) in [5, 5.41) is 0. The van der Waals surface area contributed by atoms with Gasteiger partial charge in [0.1, 0.15) is 0 Å². The summed E-state index contributed by atoms with van der Waals surface area (Å²) in [5.41, 5.74) is 0. The molecular formula is C5H12N2. The summed E-state index contributed by atoms with van der Waals surface area (Å²) in [6.45, 7) is 1.21. The fourth-order valence-electron chi connectivity index (χ4n) is 0.607. The quantitative estimate of drug-likeness (QED) is 0.493. The molecule has 2 heteroatoms. The average Bonchev–Trinajstić information content (AvgIpc) is 1.86. The number of hydrogen-bond acceptors (Lipinski definition) is 2. The topological polar surface area (TPSA) is 38.2 Å². The van der Waals surface area contributed by atoms with Crippen LogP contribution in [0.3, 0.4) is 0 Å². The van der Waals surface area contributed by atoms with Crippen LogP contribution >= 0.6 is 0 Å². The molecule has 0 bridgehead atoms. The van der Waals surface area contributed by atoms with E-state index >= 15 is 0 Å². The molecule has 1 aliphatic rings. The standard InChI is InChI=1S/C5H9N.H3N/c1-6-4-2-3-5-6;/h2,4H,3,5H2,1H3;1H3. The van der Waals surface area contributed by atoms with E-state index in [1.807, 2.05) is 0 Å². The minimum Gasteiger partial charge on any atom is -0.380 e. The van der Waals surface area contributed by atoms with Gasteiger partial charge < -0.3 is 11.1 Å². The van der Waals surface area contributed by atoms with Crippen LogP contribution in [0.25, 0.3) is 0 Å². The van der Waals surface area contributed by atoms with Crippen molar-refractivity contribution in [3.63, 3.8) is 0 Å². The highest BCUT2D eigenvalue weighted by Gasteiger charge is 1.92. The third-order valence-electron chi connectivity index (χ3n) is 1.01. The van der Waals surface area contributed by atoms with Gasteiger partial charge in [-0.1, -0.05) is 6.08 Å². The summed E-state index contributed by atoms with van der Waals surface area (Å²) in [4.78, 5) is 2.18. The lowest BCUT2D eigenvalue weighted by atomic mass is 10.5. The van der Waals surface area contributed by atoms with Crippen molar-refractivity contribution in [2.75, 3.05) is 13.6 Å². The molecule has 2 nitrogen and oxygen atoms in total. The van der Waals surface area contributed by atoms with Crippen molar-refractivity contribution < 1.29 is 0 Å². The second kappa shape index (κ2) is 2.64. The Morgan fingerprint density at radius 3 is 2.43 bits per heavy atom. The van der Waals surface area contributed by atoms with Crippen LogP contribution in [-0.4, -0.2) is 18.5 Å².